The molecule has 0 aliphatic rings. The molecule has 0 saturated heterocycles. The molecule has 0 aliphatic heterocycles. The first kappa shape index (κ1) is 19.0. The summed E-state index contributed by atoms with van der Waals surface area (Å²) in [6.07, 6.45) is 10.3. The van der Waals surface area contributed by atoms with Gasteiger partial charge in [-0.1, -0.05) is 83.1 Å². The summed E-state index contributed by atoms with van der Waals surface area (Å²) in [5, 5.41) is 1.69. The molecule has 0 unspecified atom stereocenters. The smallest absolute Gasteiger partial charge is 0.0799 e. The maximum atomic E-state index is 2.54. The standard InChI is InChI=1S/C22H35NSi/c1-6-8-9-13-16-20-21(7-2)23(18-22(20)24(3,4)5)17-19-14-11-10-12-15-19/h10-12,14-15,18H,6-9,13,16-17H2,1-5H3. The van der Waals surface area contributed by atoms with Crippen LogP contribution < -0.4 is 5.19 Å². The second kappa shape index (κ2) is 8.71. The van der Waals surface area contributed by atoms with Gasteiger partial charge in [0, 0.05) is 18.4 Å². The molecule has 0 bridgehead atoms. The van der Waals surface area contributed by atoms with Gasteiger partial charge >= 0.3 is 0 Å². The van der Waals surface area contributed by atoms with E-state index in [0.717, 1.165) is 13.0 Å². The van der Waals surface area contributed by atoms with E-state index >= 15 is 0 Å². The van der Waals surface area contributed by atoms with Gasteiger partial charge in [0.15, 0.2) is 0 Å². The first-order valence-electron chi connectivity index (χ1n) is 9.72. The van der Waals surface area contributed by atoms with Crippen LogP contribution in [-0.4, -0.2) is 12.6 Å². The Labute approximate surface area is 150 Å². The van der Waals surface area contributed by atoms with E-state index in [1.807, 2.05) is 0 Å². The third kappa shape index (κ3) is 4.86. The maximum Gasteiger partial charge on any atom is 0.0799 e. The number of benzene rings is 1. The fourth-order valence-electron chi connectivity index (χ4n) is 3.63. The average Bonchev–Trinajstić information content (AvgIpc) is 2.90. The molecule has 0 radical (unpaired) electrons. The van der Waals surface area contributed by atoms with E-state index in [1.54, 1.807) is 16.4 Å². The monoisotopic (exact) mass is 341 g/mol. The Hall–Kier alpha value is -1.28. The largest absolute Gasteiger partial charge is 0.347 e. The number of rotatable bonds is 9. The Morgan fingerprint density at radius 3 is 2.21 bits per heavy atom. The number of hydrogen-bond donors (Lipinski definition) is 0. The molecule has 2 aromatic rings. The van der Waals surface area contributed by atoms with E-state index in [9.17, 15) is 0 Å². The highest BCUT2D eigenvalue weighted by atomic mass is 28.3. The number of unbranched alkanes of at least 4 members (excludes halogenated alkanes) is 3. The predicted octanol–water partition coefficient (Wildman–Crippen LogP) is 5.77. The van der Waals surface area contributed by atoms with Gasteiger partial charge in [-0.25, -0.2) is 0 Å². The third-order valence-electron chi connectivity index (χ3n) is 4.92. The molecular formula is C22H35NSi. The average molecular weight is 342 g/mol. The Balaban J connectivity index is 2.32. The highest BCUT2D eigenvalue weighted by Crippen LogP contribution is 2.20. The van der Waals surface area contributed by atoms with Crippen LogP contribution in [0.3, 0.4) is 0 Å². The van der Waals surface area contributed by atoms with Crippen LogP contribution in [0.2, 0.25) is 19.6 Å². The number of aromatic nitrogens is 1. The number of hydrogen-bond acceptors (Lipinski definition) is 0. The van der Waals surface area contributed by atoms with Gasteiger partial charge in [0.05, 0.1) is 8.07 Å². The summed E-state index contributed by atoms with van der Waals surface area (Å²) in [7, 11) is -1.31. The van der Waals surface area contributed by atoms with Gasteiger partial charge in [-0.3, -0.25) is 0 Å². The molecule has 0 saturated carbocycles. The van der Waals surface area contributed by atoms with Crippen molar-refractivity contribution in [3.63, 3.8) is 0 Å². The maximum absolute atomic E-state index is 2.54. The molecule has 1 heterocycles. The zero-order chi connectivity index (χ0) is 17.6. The van der Waals surface area contributed by atoms with Crippen molar-refractivity contribution >= 4 is 13.3 Å². The van der Waals surface area contributed by atoms with Crippen LogP contribution in [0.4, 0.5) is 0 Å². The second-order valence-electron chi connectivity index (χ2n) is 8.00. The normalized spacial score (nSPS) is 11.9. The van der Waals surface area contributed by atoms with E-state index in [2.05, 4.69) is 74.6 Å². The Morgan fingerprint density at radius 2 is 1.62 bits per heavy atom. The molecule has 1 aromatic heterocycles. The topological polar surface area (TPSA) is 4.93 Å². The summed E-state index contributed by atoms with van der Waals surface area (Å²) < 4.78 is 2.54. The van der Waals surface area contributed by atoms with Gasteiger partial charge in [-0.2, -0.15) is 0 Å². The summed E-state index contributed by atoms with van der Waals surface area (Å²) in [5.41, 5.74) is 4.67. The SMILES string of the molecule is CCCCCCc1c([Si](C)(C)C)cn(Cc2ccccc2)c1CC. The lowest BCUT2D eigenvalue weighted by molar-refractivity contribution is 0.660. The first-order valence-corrected chi connectivity index (χ1v) is 13.2. The van der Waals surface area contributed by atoms with E-state index in [0.29, 0.717) is 0 Å². The van der Waals surface area contributed by atoms with Crippen molar-refractivity contribution in [1.29, 1.82) is 0 Å². The molecule has 1 aromatic carbocycles. The van der Waals surface area contributed by atoms with Crippen molar-refractivity contribution in [2.75, 3.05) is 0 Å². The molecule has 24 heavy (non-hydrogen) atoms. The molecule has 2 heteroatoms. The van der Waals surface area contributed by atoms with Gasteiger partial charge in [-0.05, 0) is 35.6 Å². The molecule has 0 spiro atoms. The fourth-order valence-corrected chi connectivity index (χ4v) is 5.35. The van der Waals surface area contributed by atoms with Gasteiger partial charge in [0.25, 0.3) is 0 Å². The molecule has 2 rings (SSSR count). The van der Waals surface area contributed by atoms with Crippen molar-refractivity contribution in [2.24, 2.45) is 0 Å². The zero-order valence-electron chi connectivity index (χ0n) is 16.4. The lowest BCUT2D eigenvalue weighted by Gasteiger charge is -2.18. The minimum Gasteiger partial charge on any atom is -0.347 e. The lowest BCUT2D eigenvalue weighted by Crippen LogP contribution is -2.39. The molecule has 0 amide bonds. The molecular weight excluding hydrogens is 306 g/mol. The van der Waals surface area contributed by atoms with Crippen LogP contribution in [-0.2, 0) is 19.4 Å². The number of nitrogens with zero attached hydrogens (tertiary/aromatic N) is 1. The quantitative estimate of drug-likeness (QED) is 0.403. The van der Waals surface area contributed by atoms with Gasteiger partial charge in [-0.15, -0.1) is 0 Å². The Bertz CT molecular complexity index is 619. The predicted molar refractivity (Wildman–Crippen MR) is 110 cm³/mol. The van der Waals surface area contributed by atoms with Crippen molar-refractivity contribution < 1.29 is 0 Å². The molecule has 0 aliphatic carbocycles. The van der Waals surface area contributed by atoms with Gasteiger partial charge < -0.3 is 4.57 Å². The fraction of sp³-hybridized carbons (Fsp3) is 0.545. The van der Waals surface area contributed by atoms with E-state index < -0.39 is 8.07 Å². The second-order valence-corrected chi connectivity index (χ2v) is 13.0. The zero-order valence-corrected chi connectivity index (χ0v) is 17.4. The third-order valence-corrected chi connectivity index (χ3v) is 6.97. The summed E-state index contributed by atoms with van der Waals surface area (Å²) in [5.74, 6) is 0. The molecule has 132 valence electrons. The lowest BCUT2D eigenvalue weighted by atomic mass is 10.1. The van der Waals surface area contributed by atoms with Crippen LogP contribution in [0.5, 0.6) is 0 Å². The van der Waals surface area contributed by atoms with Crippen LogP contribution >= 0.6 is 0 Å². The summed E-state index contributed by atoms with van der Waals surface area (Å²) in [6.45, 7) is 13.1. The molecule has 0 fully saturated rings. The van der Waals surface area contributed by atoms with Crippen molar-refractivity contribution in [1.82, 2.24) is 4.57 Å². The van der Waals surface area contributed by atoms with Crippen LogP contribution in [0.15, 0.2) is 36.5 Å². The van der Waals surface area contributed by atoms with Crippen LogP contribution in [0, 0.1) is 0 Å². The summed E-state index contributed by atoms with van der Waals surface area (Å²) in [6, 6.07) is 10.9. The summed E-state index contributed by atoms with van der Waals surface area (Å²) >= 11 is 0. The molecule has 0 N–H and O–H groups in total. The molecule has 1 nitrogen and oxygen atoms in total. The summed E-state index contributed by atoms with van der Waals surface area (Å²) in [4.78, 5) is 0. The van der Waals surface area contributed by atoms with Crippen molar-refractivity contribution in [2.45, 2.75) is 78.6 Å². The first-order chi connectivity index (χ1) is 11.5. The van der Waals surface area contributed by atoms with E-state index in [1.165, 1.54) is 37.7 Å². The van der Waals surface area contributed by atoms with Crippen LogP contribution in [0.25, 0.3) is 0 Å². The highest BCUT2D eigenvalue weighted by Gasteiger charge is 2.25. The van der Waals surface area contributed by atoms with Gasteiger partial charge in [0.2, 0.25) is 0 Å². The minimum atomic E-state index is -1.31. The van der Waals surface area contributed by atoms with E-state index in [4.69, 9.17) is 0 Å². The Morgan fingerprint density at radius 1 is 0.917 bits per heavy atom. The Kier molecular flexibility index (Phi) is 6.91. The molecule has 0 atom stereocenters. The highest BCUT2D eigenvalue weighted by molar-refractivity contribution is 6.89. The van der Waals surface area contributed by atoms with Crippen molar-refractivity contribution in [3.05, 3.63) is 53.3 Å². The van der Waals surface area contributed by atoms with E-state index in [-0.39, 0.29) is 0 Å². The van der Waals surface area contributed by atoms with Gasteiger partial charge in [0.1, 0.15) is 0 Å². The van der Waals surface area contributed by atoms with Crippen molar-refractivity contribution in [3.8, 4) is 0 Å². The minimum absolute atomic E-state index is 1.01. The van der Waals surface area contributed by atoms with Crippen LogP contribution in [0.1, 0.15) is 56.4 Å².